The van der Waals surface area contributed by atoms with Crippen LogP contribution in [0.15, 0.2) is 48.8 Å². The number of amides is 2. The Labute approximate surface area is 146 Å². The third-order valence-electron chi connectivity index (χ3n) is 3.44. The lowest BCUT2D eigenvalue weighted by Gasteiger charge is -2.07. The number of rotatable bonds is 8. The maximum Gasteiger partial charge on any atom is 0.222 e. The summed E-state index contributed by atoms with van der Waals surface area (Å²) in [6.07, 6.45) is 4.62. The van der Waals surface area contributed by atoms with Crippen molar-refractivity contribution in [2.45, 2.75) is 25.8 Å². The second kappa shape index (κ2) is 9.67. The van der Waals surface area contributed by atoms with Crippen LogP contribution in [0.3, 0.4) is 0 Å². The van der Waals surface area contributed by atoms with Gasteiger partial charge in [0.1, 0.15) is 0 Å². The minimum atomic E-state index is -0.0954. The number of carbonyl (C=O) groups is 2. The van der Waals surface area contributed by atoms with E-state index in [9.17, 15) is 9.59 Å². The molecule has 0 fully saturated rings. The molecule has 0 atom stereocenters. The highest BCUT2D eigenvalue weighted by atomic mass is 35.5. The molecule has 126 valence electrons. The molecule has 6 heteroatoms. The molecule has 0 aliphatic rings. The number of carbonyl (C=O) groups excluding carboxylic acids is 2. The smallest absolute Gasteiger partial charge is 0.222 e. The van der Waals surface area contributed by atoms with Gasteiger partial charge in [0.2, 0.25) is 11.8 Å². The summed E-state index contributed by atoms with van der Waals surface area (Å²) >= 11 is 5.90. The monoisotopic (exact) mass is 345 g/mol. The highest BCUT2D eigenvalue weighted by Gasteiger charge is 2.05. The second-order valence-electron chi connectivity index (χ2n) is 5.36. The molecule has 1 aromatic carbocycles. The molecule has 0 bridgehead atoms. The predicted molar refractivity (Wildman–Crippen MR) is 93.5 cm³/mol. The van der Waals surface area contributed by atoms with E-state index >= 15 is 0 Å². The third-order valence-corrected chi connectivity index (χ3v) is 3.68. The van der Waals surface area contributed by atoms with Gasteiger partial charge in [-0.05, 0) is 41.8 Å². The van der Waals surface area contributed by atoms with Gasteiger partial charge in [-0.25, -0.2) is 0 Å². The van der Waals surface area contributed by atoms with Crippen LogP contribution in [0, 0.1) is 0 Å². The highest BCUT2D eigenvalue weighted by molar-refractivity contribution is 6.30. The Morgan fingerprint density at radius 1 is 0.958 bits per heavy atom. The quantitative estimate of drug-likeness (QED) is 0.772. The topological polar surface area (TPSA) is 71.1 Å². The van der Waals surface area contributed by atoms with Gasteiger partial charge in [-0.2, -0.15) is 0 Å². The summed E-state index contributed by atoms with van der Waals surface area (Å²) in [4.78, 5) is 27.4. The van der Waals surface area contributed by atoms with Crippen molar-refractivity contribution in [3.63, 3.8) is 0 Å². The molecule has 0 aliphatic carbocycles. The van der Waals surface area contributed by atoms with E-state index in [0.717, 1.165) is 11.1 Å². The van der Waals surface area contributed by atoms with Crippen LogP contribution in [-0.2, 0) is 22.6 Å². The first-order valence-electron chi connectivity index (χ1n) is 7.80. The molecule has 2 N–H and O–H groups in total. The van der Waals surface area contributed by atoms with Gasteiger partial charge in [0.25, 0.3) is 0 Å². The van der Waals surface area contributed by atoms with E-state index in [2.05, 4.69) is 15.6 Å². The fourth-order valence-corrected chi connectivity index (χ4v) is 2.36. The van der Waals surface area contributed by atoms with Crippen LogP contribution in [0.25, 0.3) is 0 Å². The number of nitrogens with one attached hydrogen (secondary N) is 2. The average Bonchev–Trinajstić information content (AvgIpc) is 2.59. The summed E-state index contributed by atoms with van der Waals surface area (Å²) in [5.74, 6) is -0.168. The Balaban J connectivity index is 1.59. The lowest BCUT2D eigenvalue weighted by Crippen LogP contribution is -2.30. The molecule has 2 aromatic rings. The number of halogens is 1. The molecule has 2 rings (SSSR count). The van der Waals surface area contributed by atoms with Gasteiger partial charge in [-0.3, -0.25) is 14.6 Å². The molecular formula is C18H20ClN3O2. The fraction of sp³-hybridized carbons (Fsp3) is 0.278. The molecule has 0 unspecified atom stereocenters. The number of hydrogen-bond acceptors (Lipinski definition) is 3. The van der Waals surface area contributed by atoms with Gasteiger partial charge >= 0.3 is 0 Å². The van der Waals surface area contributed by atoms with Crippen molar-refractivity contribution < 1.29 is 9.59 Å². The largest absolute Gasteiger partial charge is 0.356 e. The van der Waals surface area contributed by atoms with E-state index in [-0.39, 0.29) is 18.2 Å². The first kappa shape index (κ1) is 17.9. The standard InChI is InChI=1S/C18H20ClN3O2/c19-16-3-1-2-14(12-16)4-5-17(23)21-11-8-18(24)22-13-15-6-9-20-10-7-15/h1-3,6-7,9-10,12H,4-5,8,11,13H2,(H,21,23)(H,22,24). The summed E-state index contributed by atoms with van der Waals surface area (Å²) in [6, 6.07) is 11.1. The van der Waals surface area contributed by atoms with E-state index in [1.807, 2.05) is 30.3 Å². The van der Waals surface area contributed by atoms with Crippen LogP contribution in [0.1, 0.15) is 24.0 Å². The van der Waals surface area contributed by atoms with Crippen LogP contribution in [0.4, 0.5) is 0 Å². The molecule has 1 aromatic heterocycles. The van der Waals surface area contributed by atoms with Crippen molar-refractivity contribution >= 4 is 23.4 Å². The van der Waals surface area contributed by atoms with Crippen LogP contribution >= 0.6 is 11.6 Å². The summed E-state index contributed by atoms with van der Waals surface area (Å²) in [7, 11) is 0. The molecule has 0 aliphatic heterocycles. The van der Waals surface area contributed by atoms with Crippen LogP contribution in [0.2, 0.25) is 5.02 Å². The number of nitrogens with zero attached hydrogens (tertiary/aromatic N) is 1. The van der Waals surface area contributed by atoms with Crippen molar-refractivity contribution in [1.82, 2.24) is 15.6 Å². The first-order valence-corrected chi connectivity index (χ1v) is 8.18. The van der Waals surface area contributed by atoms with Gasteiger partial charge in [-0.1, -0.05) is 23.7 Å². The molecule has 0 radical (unpaired) electrons. The Kier molecular flexibility index (Phi) is 7.23. The van der Waals surface area contributed by atoms with Crippen LogP contribution in [-0.4, -0.2) is 23.3 Å². The van der Waals surface area contributed by atoms with E-state index in [1.165, 1.54) is 0 Å². The minimum Gasteiger partial charge on any atom is -0.356 e. The Hall–Kier alpha value is -2.40. The lowest BCUT2D eigenvalue weighted by atomic mass is 10.1. The molecule has 0 saturated heterocycles. The summed E-state index contributed by atoms with van der Waals surface area (Å²) in [5.41, 5.74) is 2.01. The van der Waals surface area contributed by atoms with Gasteiger partial charge in [0, 0.05) is 43.3 Å². The average molecular weight is 346 g/mol. The lowest BCUT2D eigenvalue weighted by molar-refractivity contribution is -0.122. The second-order valence-corrected chi connectivity index (χ2v) is 5.80. The SMILES string of the molecule is O=C(CCc1cccc(Cl)c1)NCCC(=O)NCc1ccncc1. The summed E-state index contributed by atoms with van der Waals surface area (Å²) in [5, 5.41) is 6.22. The predicted octanol–water partition coefficient (Wildman–Crippen LogP) is 2.49. The zero-order chi connectivity index (χ0) is 17.2. The molecule has 1 heterocycles. The molecule has 2 amide bonds. The molecule has 0 spiro atoms. The summed E-state index contributed by atoms with van der Waals surface area (Å²) < 4.78 is 0. The normalized spacial score (nSPS) is 10.2. The van der Waals surface area contributed by atoms with Crippen LogP contribution < -0.4 is 10.6 Å². The molecule has 5 nitrogen and oxygen atoms in total. The number of pyridine rings is 1. The Morgan fingerprint density at radius 3 is 2.46 bits per heavy atom. The van der Waals surface area contributed by atoms with Crippen molar-refractivity contribution in [3.05, 3.63) is 64.9 Å². The first-order chi connectivity index (χ1) is 11.6. The van der Waals surface area contributed by atoms with Crippen molar-refractivity contribution in [3.8, 4) is 0 Å². The van der Waals surface area contributed by atoms with Crippen molar-refractivity contribution in [2.75, 3.05) is 6.54 Å². The number of hydrogen-bond donors (Lipinski definition) is 2. The fourth-order valence-electron chi connectivity index (χ4n) is 2.14. The van der Waals surface area contributed by atoms with Gasteiger partial charge < -0.3 is 10.6 Å². The number of benzene rings is 1. The zero-order valence-electron chi connectivity index (χ0n) is 13.3. The zero-order valence-corrected chi connectivity index (χ0v) is 14.1. The molecule has 0 saturated carbocycles. The number of aryl methyl sites for hydroxylation is 1. The van der Waals surface area contributed by atoms with Gasteiger partial charge in [0.05, 0.1) is 0 Å². The van der Waals surface area contributed by atoms with E-state index in [4.69, 9.17) is 11.6 Å². The highest BCUT2D eigenvalue weighted by Crippen LogP contribution is 2.11. The third kappa shape index (κ3) is 6.79. The minimum absolute atomic E-state index is 0.0723. The van der Waals surface area contributed by atoms with E-state index in [0.29, 0.717) is 31.0 Å². The van der Waals surface area contributed by atoms with Crippen LogP contribution in [0.5, 0.6) is 0 Å². The van der Waals surface area contributed by atoms with Crippen molar-refractivity contribution in [1.29, 1.82) is 0 Å². The van der Waals surface area contributed by atoms with Gasteiger partial charge in [0.15, 0.2) is 0 Å². The van der Waals surface area contributed by atoms with E-state index in [1.54, 1.807) is 18.5 Å². The Bertz CT molecular complexity index is 677. The van der Waals surface area contributed by atoms with E-state index < -0.39 is 0 Å². The maximum absolute atomic E-state index is 11.8. The van der Waals surface area contributed by atoms with Gasteiger partial charge in [-0.15, -0.1) is 0 Å². The molecule has 24 heavy (non-hydrogen) atoms. The van der Waals surface area contributed by atoms with Crippen molar-refractivity contribution in [2.24, 2.45) is 0 Å². The maximum atomic E-state index is 11.8. The number of aromatic nitrogens is 1. The summed E-state index contributed by atoms with van der Waals surface area (Å²) in [6.45, 7) is 0.792. The Morgan fingerprint density at radius 2 is 1.71 bits per heavy atom. The molecular weight excluding hydrogens is 326 g/mol.